The zero-order chi connectivity index (χ0) is 16.9. The number of rotatable bonds is 7. The molecule has 0 bridgehead atoms. The van der Waals surface area contributed by atoms with Crippen LogP contribution in [-0.2, 0) is 0 Å². The number of nitrogens with one attached hydrogen (secondary N) is 2. The summed E-state index contributed by atoms with van der Waals surface area (Å²) in [6, 6.07) is 9.15. The van der Waals surface area contributed by atoms with E-state index in [4.69, 9.17) is 4.74 Å². The van der Waals surface area contributed by atoms with Crippen LogP contribution in [0.15, 0.2) is 30.3 Å². The molecule has 1 amide bonds. The zero-order valence-electron chi connectivity index (χ0n) is 13.7. The molecular weight excluding hydrogens is 294 g/mol. The van der Waals surface area contributed by atoms with Crippen molar-refractivity contribution in [2.24, 2.45) is 0 Å². The molecule has 23 heavy (non-hydrogen) atoms. The van der Waals surface area contributed by atoms with E-state index >= 15 is 0 Å². The molecule has 2 aromatic rings. The van der Waals surface area contributed by atoms with Gasteiger partial charge in [0.05, 0.1) is 18.4 Å². The first-order valence-corrected chi connectivity index (χ1v) is 7.72. The maximum absolute atomic E-state index is 12.2. The van der Waals surface area contributed by atoms with E-state index in [2.05, 4.69) is 15.5 Å². The summed E-state index contributed by atoms with van der Waals surface area (Å²) in [6.45, 7) is 4.00. The van der Waals surface area contributed by atoms with Gasteiger partial charge in [-0.2, -0.15) is 5.10 Å². The number of carbonyl (C=O) groups excluding carboxylic acids is 1. The molecule has 0 saturated carbocycles. The van der Waals surface area contributed by atoms with Crippen LogP contribution in [0.5, 0.6) is 5.75 Å². The summed E-state index contributed by atoms with van der Waals surface area (Å²) >= 11 is 0. The highest BCUT2D eigenvalue weighted by Crippen LogP contribution is 2.28. The van der Waals surface area contributed by atoms with Gasteiger partial charge < -0.3 is 15.2 Å². The second-order valence-corrected chi connectivity index (χ2v) is 5.48. The number of nitrogens with zero attached hydrogens (tertiary/aromatic N) is 1. The van der Waals surface area contributed by atoms with Gasteiger partial charge in [-0.25, -0.2) is 0 Å². The number of para-hydroxylation sites is 1. The van der Waals surface area contributed by atoms with Gasteiger partial charge in [-0.3, -0.25) is 9.89 Å². The first-order valence-electron chi connectivity index (χ1n) is 7.72. The van der Waals surface area contributed by atoms with Gasteiger partial charge in [-0.1, -0.05) is 26.0 Å². The molecule has 0 fully saturated rings. The van der Waals surface area contributed by atoms with Crippen molar-refractivity contribution >= 4 is 5.91 Å². The van der Waals surface area contributed by atoms with Crippen LogP contribution in [0.4, 0.5) is 0 Å². The molecule has 6 heteroatoms. The largest absolute Gasteiger partial charge is 0.496 e. The molecule has 1 aromatic carbocycles. The van der Waals surface area contributed by atoms with Crippen LogP contribution in [-0.4, -0.2) is 40.5 Å². The third kappa shape index (κ3) is 3.90. The number of ether oxygens (including phenoxy) is 1. The van der Waals surface area contributed by atoms with Crippen LogP contribution in [0, 0.1) is 0 Å². The summed E-state index contributed by atoms with van der Waals surface area (Å²) in [5.41, 5.74) is 0.916. The highest BCUT2D eigenvalue weighted by atomic mass is 16.5. The van der Waals surface area contributed by atoms with E-state index in [1.807, 2.05) is 38.1 Å². The van der Waals surface area contributed by atoms with Crippen molar-refractivity contribution in [2.45, 2.75) is 32.3 Å². The molecule has 6 nitrogen and oxygen atoms in total. The van der Waals surface area contributed by atoms with Gasteiger partial charge in [-0.15, -0.1) is 0 Å². The Morgan fingerprint density at radius 1 is 1.35 bits per heavy atom. The number of aliphatic hydroxyl groups is 1. The minimum absolute atomic E-state index is 0.210. The fourth-order valence-corrected chi connectivity index (χ4v) is 2.27. The van der Waals surface area contributed by atoms with Crippen LogP contribution in [0.3, 0.4) is 0 Å². The van der Waals surface area contributed by atoms with E-state index in [1.165, 1.54) is 0 Å². The van der Waals surface area contributed by atoms with Crippen molar-refractivity contribution in [3.05, 3.63) is 36.0 Å². The molecule has 1 aromatic heterocycles. The number of amides is 1. The van der Waals surface area contributed by atoms with E-state index < -0.39 is 5.60 Å². The van der Waals surface area contributed by atoms with Gasteiger partial charge in [0.15, 0.2) is 0 Å². The number of hydrogen-bond donors (Lipinski definition) is 3. The molecule has 1 heterocycles. The van der Waals surface area contributed by atoms with Gasteiger partial charge >= 0.3 is 0 Å². The van der Waals surface area contributed by atoms with Gasteiger partial charge in [0.1, 0.15) is 11.4 Å². The molecular formula is C17H23N3O3. The number of benzene rings is 1. The molecule has 0 atom stereocenters. The molecule has 0 saturated heterocycles. The van der Waals surface area contributed by atoms with Gasteiger partial charge in [0.25, 0.3) is 5.91 Å². The first kappa shape index (κ1) is 17.0. The Morgan fingerprint density at radius 2 is 2.04 bits per heavy atom. The highest BCUT2D eigenvalue weighted by Gasteiger charge is 2.23. The maximum Gasteiger partial charge on any atom is 0.269 e. The average Bonchev–Trinajstić information content (AvgIpc) is 3.09. The van der Waals surface area contributed by atoms with E-state index in [9.17, 15) is 9.90 Å². The van der Waals surface area contributed by atoms with Crippen LogP contribution in [0.1, 0.15) is 37.2 Å². The Bertz CT molecular complexity index is 663. The molecule has 124 valence electrons. The number of aromatic amines is 1. The van der Waals surface area contributed by atoms with Crippen molar-refractivity contribution in [2.75, 3.05) is 13.7 Å². The number of aromatic nitrogens is 2. The molecule has 3 N–H and O–H groups in total. The van der Waals surface area contributed by atoms with Crippen molar-refractivity contribution in [3.63, 3.8) is 0 Å². The minimum atomic E-state index is -0.874. The lowest BCUT2D eigenvalue weighted by Crippen LogP contribution is -2.42. The molecule has 2 rings (SSSR count). The Morgan fingerprint density at radius 3 is 2.70 bits per heavy atom. The lowest BCUT2D eigenvalue weighted by atomic mass is 9.97. The van der Waals surface area contributed by atoms with Crippen molar-refractivity contribution in [1.29, 1.82) is 0 Å². The van der Waals surface area contributed by atoms with Crippen LogP contribution >= 0.6 is 0 Å². The fraction of sp³-hybridized carbons (Fsp3) is 0.412. The quantitative estimate of drug-likeness (QED) is 0.731. The Kier molecular flexibility index (Phi) is 5.39. The lowest BCUT2D eigenvalue weighted by molar-refractivity contribution is 0.0313. The van der Waals surface area contributed by atoms with E-state index in [0.29, 0.717) is 30.0 Å². The van der Waals surface area contributed by atoms with Crippen LogP contribution in [0.25, 0.3) is 11.3 Å². The SMILES string of the molecule is CCC(O)(CC)CNC(=O)c1cc(-c2ccccc2OC)n[nH]1. The van der Waals surface area contributed by atoms with E-state index in [1.54, 1.807) is 13.2 Å². The highest BCUT2D eigenvalue weighted by molar-refractivity contribution is 5.93. The standard InChI is InChI=1S/C17H23N3O3/c1-4-17(22,5-2)11-18-16(21)14-10-13(19-20-14)12-8-6-7-9-15(12)23-3/h6-10,22H,4-5,11H2,1-3H3,(H,18,21)(H,19,20). The third-order valence-corrected chi connectivity index (χ3v) is 4.10. The number of H-pyrrole nitrogens is 1. The second kappa shape index (κ2) is 7.28. The molecule has 0 aliphatic heterocycles. The van der Waals surface area contributed by atoms with E-state index in [0.717, 1.165) is 5.56 Å². The molecule has 0 radical (unpaired) electrons. The molecule has 0 aliphatic carbocycles. The number of methoxy groups -OCH3 is 1. The summed E-state index contributed by atoms with van der Waals surface area (Å²) in [6.07, 6.45) is 1.17. The smallest absolute Gasteiger partial charge is 0.269 e. The summed E-state index contributed by atoms with van der Waals surface area (Å²) < 4.78 is 5.30. The van der Waals surface area contributed by atoms with Gasteiger partial charge in [0, 0.05) is 12.1 Å². The number of carbonyl (C=O) groups is 1. The first-order chi connectivity index (χ1) is 11.0. The van der Waals surface area contributed by atoms with Crippen molar-refractivity contribution in [1.82, 2.24) is 15.5 Å². The van der Waals surface area contributed by atoms with Crippen molar-refractivity contribution < 1.29 is 14.6 Å². The van der Waals surface area contributed by atoms with E-state index in [-0.39, 0.29) is 12.5 Å². The summed E-state index contributed by atoms with van der Waals surface area (Å²) in [7, 11) is 1.59. The summed E-state index contributed by atoms with van der Waals surface area (Å²) in [5.74, 6) is 0.399. The summed E-state index contributed by atoms with van der Waals surface area (Å²) in [4.78, 5) is 12.2. The Labute approximate surface area is 135 Å². The predicted molar refractivity (Wildman–Crippen MR) is 88.4 cm³/mol. The lowest BCUT2D eigenvalue weighted by Gasteiger charge is -2.25. The van der Waals surface area contributed by atoms with Gasteiger partial charge in [0.2, 0.25) is 0 Å². The third-order valence-electron chi connectivity index (χ3n) is 4.10. The van der Waals surface area contributed by atoms with Crippen LogP contribution in [0.2, 0.25) is 0 Å². The summed E-state index contributed by atoms with van der Waals surface area (Å²) in [5, 5.41) is 19.9. The second-order valence-electron chi connectivity index (χ2n) is 5.48. The maximum atomic E-state index is 12.2. The Balaban J connectivity index is 2.11. The monoisotopic (exact) mass is 317 g/mol. The van der Waals surface area contributed by atoms with Crippen LogP contribution < -0.4 is 10.1 Å². The van der Waals surface area contributed by atoms with Crippen molar-refractivity contribution in [3.8, 4) is 17.0 Å². The number of hydrogen-bond acceptors (Lipinski definition) is 4. The van der Waals surface area contributed by atoms with Gasteiger partial charge in [-0.05, 0) is 31.0 Å². The fourth-order valence-electron chi connectivity index (χ4n) is 2.27. The normalized spacial score (nSPS) is 11.3. The Hall–Kier alpha value is -2.34. The predicted octanol–water partition coefficient (Wildman–Crippen LogP) is 2.37. The average molecular weight is 317 g/mol. The topological polar surface area (TPSA) is 87.2 Å². The molecule has 0 spiro atoms. The molecule has 0 aliphatic rings. The molecule has 0 unspecified atom stereocenters. The zero-order valence-corrected chi connectivity index (χ0v) is 13.7. The minimum Gasteiger partial charge on any atom is -0.496 e.